The van der Waals surface area contributed by atoms with Gasteiger partial charge in [-0.1, -0.05) is 0 Å². The highest BCUT2D eigenvalue weighted by Crippen LogP contribution is 2.38. The summed E-state index contributed by atoms with van der Waals surface area (Å²) in [5, 5.41) is 18.5. The summed E-state index contributed by atoms with van der Waals surface area (Å²) in [6, 6.07) is 0.300. The summed E-state index contributed by atoms with van der Waals surface area (Å²) in [6.45, 7) is -0.468. The zero-order chi connectivity index (χ0) is 11.6. The number of benzene rings is 1. The number of aliphatic hydroxyl groups is 1. The lowest BCUT2D eigenvalue weighted by atomic mass is 10.1. The molecular weight excluding hydrogens is 269 g/mol. The number of aliphatic hydroxyl groups excluding tert-OH is 1. The Labute approximate surface area is 94.6 Å². The van der Waals surface area contributed by atoms with Crippen LogP contribution in [0.15, 0.2) is 10.5 Å². The van der Waals surface area contributed by atoms with Gasteiger partial charge in [-0.15, -0.1) is 0 Å². The Kier molecular flexibility index (Phi) is 3.90. The van der Waals surface area contributed by atoms with E-state index in [1.54, 1.807) is 0 Å². The van der Waals surface area contributed by atoms with Crippen LogP contribution < -0.4 is 10.5 Å². The molecule has 1 aromatic carbocycles. The van der Waals surface area contributed by atoms with Gasteiger partial charge in [0.1, 0.15) is 5.82 Å². The van der Waals surface area contributed by atoms with E-state index in [2.05, 4.69) is 15.9 Å². The highest BCUT2D eigenvalue weighted by molar-refractivity contribution is 9.10. The van der Waals surface area contributed by atoms with Crippen LogP contribution >= 0.6 is 15.9 Å². The molecule has 1 rings (SSSR count). The molecule has 0 spiro atoms. The summed E-state index contributed by atoms with van der Waals surface area (Å²) in [7, 11) is 1.34. The number of hydrogen-bond acceptors (Lipinski definition) is 4. The maximum absolute atomic E-state index is 13.6. The minimum absolute atomic E-state index is 0.0992. The standard InChI is InChI=1S/C9H11BrFNO3/c1-15-6-2-4(10)8(11)7(9(6)14)5(12)3-13/h2,5,13-14H,3,12H2,1H3. The normalized spacial score (nSPS) is 12.6. The van der Waals surface area contributed by atoms with E-state index in [0.717, 1.165) is 0 Å². The van der Waals surface area contributed by atoms with Crippen LogP contribution in [0.1, 0.15) is 11.6 Å². The second-order valence-electron chi connectivity index (χ2n) is 2.93. The van der Waals surface area contributed by atoms with E-state index in [1.807, 2.05) is 0 Å². The van der Waals surface area contributed by atoms with E-state index in [-0.39, 0.29) is 21.5 Å². The molecule has 0 aliphatic rings. The number of phenolic OH excluding ortho intramolecular Hbond substituents is 1. The molecule has 0 aromatic heterocycles. The molecule has 4 N–H and O–H groups in total. The molecule has 0 radical (unpaired) electrons. The molecule has 4 nitrogen and oxygen atoms in total. The van der Waals surface area contributed by atoms with Gasteiger partial charge in [-0.2, -0.15) is 0 Å². The Balaban J connectivity index is 3.40. The van der Waals surface area contributed by atoms with Crippen LogP contribution in [0.4, 0.5) is 4.39 Å². The fourth-order valence-corrected chi connectivity index (χ4v) is 1.62. The van der Waals surface area contributed by atoms with Crippen molar-refractivity contribution in [3.8, 4) is 11.5 Å². The van der Waals surface area contributed by atoms with Crippen molar-refractivity contribution in [2.45, 2.75) is 6.04 Å². The average Bonchev–Trinajstić information content (AvgIpc) is 2.23. The lowest BCUT2D eigenvalue weighted by molar-refractivity contribution is 0.260. The predicted octanol–water partition coefficient (Wildman–Crippen LogP) is 1.29. The van der Waals surface area contributed by atoms with Crippen LogP contribution in [0.3, 0.4) is 0 Å². The summed E-state index contributed by atoms with van der Waals surface area (Å²) < 4.78 is 18.5. The van der Waals surface area contributed by atoms with Crippen LogP contribution in [0, 0.1) is 5.82 Å². The molecule has 1 aromatic rings. The van der Waals surface area contributed by atoms with Crippen molar-refractivity contribution < 1.29 is 19.3 Å². The van der Waals surface area contributed by atoms with Gasteiger partial charge in [-0.05, 0) is 15.9 Å². The van der Waals surface area contributed by atoms with Crippen molar-refractivity contribution in [1.82, 2.24) is 0 Å². The Morgan fingerprint density at radius 2 is 2.27 bits per heavy atom. The minimum Gasteiger partial charge on any atom is -0.504 e. The zero-order valence-electron chi connectivity index (χ0n) is 8.00. The Morgan fingerprint density at radius 1 is 1.67 bits per heavy atom. The monoisotopic (exact) mass is 279 g/mol. The molecule has 0 fully saturated rings. The molecule has 0 saturated heterocycles. The van der Waals surface area contributed by atoms with Gasteiger partial charge in [0.15, 0.2) is 11.5 Å². The number of aromatic hydroxyl groups is 1. The topological polar surface area (TPSA) is 75.7 Å². The molecule has 84 valence electrons. The molecular formula is C9H11BrFNO3. The van der Waals surface area contributed by atoms with Gasteiger partial charge in [0.2, 0.25) is 0 Å². The fraction of sp³-hybridized carbons (Fsp3) is 0.333. The molecule has 15 heavy (non-hydrogen) atoms. The summed E-state index contributed by atoms with van der Waals surface area (Å²) >= 11 is 2.97. The first kappa shape index (κ1) is 12.2. The van der Waals surface area contributed by atoms with E-state index < -0.39 is 18.5 Å². The largest absolute Gasteiger partial charge is 0.504 e. The molecule has 0 aliphatic heterocycles. The third-order valence-electron chi connectivity index (χ3n) is 1.98. The van der Waals surface area contributed by atoms with Gasteiger partial charge >= 0.3 is 0 Å². The first-order valence-electron chi connectivity index (χ1n) is 4.14. The van der Waals surface area contributed by atoms with Crippen LogP contribution in [0.25, 0.3) is 0 Å². The second kappa shape index (κ2) is 4.78. The number of rotatable bonds is 3. The van der Waals surface area contributed by atoms with E-state index in [4.69, 9.17) is 15.6 Å². The highest BCUT2D eigenvalue weighted by Gasteiger charge is 2.21. The number of ether oxygens (including phenoxy) is 1. The van der Waals surface area contributed by atoms with Gasteiger partial charge in [-0.25, -0.2) is 4.39 Å². The second-order valence-corrected chi connectivity index (χ2v) is 3.78. The first-order chi connectivity index (χ1) is 7.02. The highest BCUT2D eigenvalue weighted by atomic mass is 79.9. The van der Waals surface area contributed by atoms with Crippen molar-refractivity contribution in [1.29, 1.82) is 0 Å². The third-order valence-corrected chi connectivity index (χ3v) is 2.56. The van der Waals surface area contributed by atoms with Crippen molar-refractivity contribution in [3.05, 3.63) is 21.9 Å². The zero-order valence-corrected chi connectivity index (χ0v) is 9.58. The Hall–Kier alpha value is -0.850. The number of halogens is 2. The van der Waals surface area contributed by atoms with Gasteiger partial charge in [0, 0.05) is 6.07 Å². The van der Waals surface area contributed by atoms with Crippen LogP contribution in [0.5, 0.6) is 11.5 Å². The molecule has 1 unspecified atom stereocenters. The number of hydrogen-bond donors (Lipinski definition) is 3. The van der Waals surface area contributed by atoms with Gasteiger partial charge in [-0.3, -0.25) is 0 Å². The van der Waals surface area contributed by atoms with Crippen LogP contribution in [-0.2, 0) is 0 Å². The third kappa shape index (κ3) is 2.22. The molecule has 0 aliphatic carbocycles. The van der Waals surface area contributed by atoms with Crippen LogP contribution in [0.2, 0.25) is 0 Å². The first-order valence-corrected chi connectivity index (χ1v) is 4.93. The van der Waals surface area contributed by atoms with Gasteiger partial charge in [0.25, 0.3) is 0 Å². The summed E-state index contributed by atoms with van der Waals surface area (Å²) in [6.07, 6.45) is 0. The lowest BCUT2D eigenvalue weighted by Gasteiger charge is -2.15. The summed E-state index contributed by atoms with van der Waals surface area (Å²) in [5.74, 6) is -0.989. The minimum atomic E-state index is -0.989. The van der Waals surface area contributed by atoms with Crippen molar-refractivity contribution in [2.75, 3.05) is 13.7 Å². The maximum atomic E-state index is 13.6. The molecule has 0 amide bonds. The molecule has 0 bridgehead atoms. The number of phenols is 1. The molecule has 0 heterocycles. The fourth-order valence-electron chi connectivity index (χ4n) is 1.20. The molecule has 1 atom stereocenters. The maximum Gasteiger partial charge on any atom is 0.165 e. The summed E-state index contributed by atoms with van der Waals surface area (Å²) in [5.41, 5.74) is 5.30. The quantitative estimate of drug-likeness (QED) is 0.780. The van der Waals surface area contributed by atoms with Crippen molar-refractivity contribution in [3.63, 3.8) is 0 Å². The van der Waals surface area contributed by atoms with Gasteiger partial charge in [0.05, 0.1) is 29.8 Å². The molecule has 0 saturated carbocycles. The van der Waals surface area contributed by atoms with Crippen molar-refractivity contribution in [2.24, 2.45) is 5.73 Å². The van der Waals surface area contributed by atoms with Crippen molar-refractivity contribution >= 4 is 15.9 Å². The lowest BCUT2D eigenvalue weighted by Crippen LogP contribution is -2.16. The van der Waals surface area contributed by atoms with E-state index in [9.17, 15) is 9.50 Å². The Bertz CT molecular complexity index is 373. The average molecular weight is 280 g/mol. The summed E-state index contributed by atoms with van der Waals surface area (Å²) in [4.78, 5) is 0. The Morgan fingerprint density at radius 3 is 2.73 bits per heavy atom. The predicted molar refractivity (Wildman–Crippen MR) is 56.3 cm³/mol. The van der Waals surface area contributed by atoms with Gasteiger partial charge < -0.3 is 20.7 Å². The number of nitrogens with two attached hydrogens (primary N) is 1. The van der Waals surface area contributed by atoms with E-state index in [1.165, 1.54) is 13.2 Å². The number of methoxy groups -OCH3 is 1. The SMILES string of the molecule is COc1cc(Br)c(F)c(C(N)CO)c1O. The van der Waals surface area contributed by atoms with E-state index in [0.29, 0.717) is 0 Å². The van der Waals surface area contributed by atoms with E-state index >= 15 is 0 Å². The van der Waals surface area contributed by atoms with Crippen LogP contribution in [-0.4, -0.2) is 23.9 Å². The molecule has 6 heteroatoms. The smallest absolute Gasteiger partial charge is 0.165 e.